The van der Waals surface area contributed by atoms with Crippen LogP contribution in [0.3, 0.4) is 0 Å². The quantitative estimate of drug-likeness (QED) is 0.682. The number of hydrogen-bond acceptors (Lipinski definition) is 3. The Morgan fingerprint density at radius 2 is 2.10 bits per heavy atom. The highest BCUT2D eigenvalue weighted by molar-refractivity contribution is 6.32. The van der Waals surface area contributed by atoms with Crippen LogP contribution in [-0.4, -0.2) is 17.4 Å². The van der Waals surface area contributed by atoms with Crippen LogP contribution in [0.2, 0.25) is 5.02 Å². The Hall–Kier alpha value is -1.62. The van der Waals surface area contributed by atoms with Crippen molar-refractivity contribution in [1.82, 2.24) is 5.32 Å². The summed E-state index contributed by atoms with van der Waals surface area (Å²) in [5, 5.41) is 13.7. The van der Waals surface area contributed by atoms with Gasteiger partial charge >= 0.3 is 0 Å². The molecule has 6 heteroatoms. The number of amides is 1. The summed E-state index contributed by atoms with van der Waals surface area (Å²) in [6.07, 6.45) is 4.60. The van der Waals surface area contributed by atoms with Crippen LogP contribution < -0.4 is 5.32 Å². The van der Waals surface area contributed by atoms with E-state index in [9.17, 15) is 14.9 Å². The third-order valence-corrected chi connectivity index (χ3v) is 4.21. The lowest BCUT2D eigenvalue weighted by molar-refractivity contribution is -0.384. The van der Waals surface area contributed by atoms with Gasteiger partial charge in [0.15, 0.2) is 0 Å². The van der Waals surface area contributed by atoms with Gasteiger partial charge in [0, 0.05) is 18.2 Å². The molecular formula is C14H17ClN2O3. The van der Waals surface area contributed by atoms with Gasteiger partial charge in [0.05, 0.1) is 4.92 Å². The molecule has 0 aromatic heterocycles. The Labute approximate surface area is 122 Å². The molecule has 1 amide bonds. The Morgan fingerprint density at radius 3 is 2.70 bits per heavy atom. The van der Waals surface area contributed by atoms with E-state index in [1.165, 1.54) is 31.0 Å². The number of nitro benzene ring substituents is 1. The van der Waals surface area contributed by atoms with Crippen molar-refractivity contribution < 1.29 is 9.72 Å². The summed E-state index contributed by atoms with van der Waals surface area (Å²) in [7, 11) is 0. The standard InChI is InChI=1S/C14H17ClN2O3/c1-14(6-2-3-7-14)9-16-13(18)10-4-5-11(15)12(8-10)17(19)20/h4-5,8H,2-3,6-7,9H2,1H3,(H,16,18). The van der Waals surface area contributed by atoms with Gasteiger partial charge in [-0.2, -0.15) is 0 Å². The second kappa shape index (κ2) is 5.79. The van der Waals surface area contributed by atoms with Crippen LogP contribution in [0.25, 0.3) is 0 Å². The van der Waals surface area contributed by atoms with E-state index in [4.69, 9.17) is 11.6 Å². The Morgan fingerprint density at radius 1 is 1.45 bits per heavy atom. The zero-order valence-electron chi connectivity index (χ0n) is 11.3. The zero-order chi connectivity index (χ0) is 14.8. The van der Waals surface area contributed by atoms with E-state index in [-0.39, 0.29) is 27.6 Å². The van der Waals surface area contributed by atoms with Gasteiger partial charge in [-0.25, -0.2) is 0 Å². The molecule has 108 valence electrons. The first-order valence-electron chi connectivity index (χ1n) is 6.63. The molecule has 1 aromatic rings. The van der Waals surface area contributed by atoms with Crippen LogP contribution in [0.5, 0.6) is 0 Å². The number of nitrogens with one attached hydrogen (secondary N) is 1. The highest BCUT2D eigenvalue weighted by atomic mass is 35.5. The highest BCUT2D eigenvalue weighted by Crippen LogP contribution is 2.36. The number of benzene rings is 1. The lowest BCUT2D eigenvalue weighted by Gasteiger charge is -2.23. The summed E-state index contributed by atoms with van der Waals surface area (Å²) >= 11 is 5.73. The molecule has 0 atom stereocenters. The maximum Gasteiger partial charge on any atom is 0.288 e. The van der Waals surface area contributed by atoms with Crippen LogP contribution in [-0.2, 0) is 0 Å². The fourth-order valence-corrected chi connectivity index (χ4v) is 2.78. The average Bonchev–Trinajstić information content (AvgIpc) is 2.84. The molecule has 2 rings (SSSR count). The molecule has 1 aromatic carbocycles. The molecular weight excluding hydrogens is 280 g/mol. The maximum absolute atomic E-state index is 12.1. The third-order valence-electron chi connectivity index (χ3n) is 3.89. The molecule has 1 fully saturated rings. The van der Waals surface area contributed by atoms with E-state index in [0.717, 1.165) is 12.8 Å². The predicted octanol–water partition coefficient (Wildman–Crippen LogP) is 3.56. The molecule has 1 aliphatic rings. The van der Waals surface area contributed by atoms with E-state index in [1.54, 1.807) is 0 Å². The Balaban J connectivity index is 2.06. The normalized spacial score (nSPS) is 16.9. The molecule has 1 N–H and O–H groups in total. The van der Waals surface area contributed by atoms with E-state index in [0.29, 0.717) is 6.54 Å². The minimum Gasteiger partial charge on any atom is -0.351 e. The van der Waals surface area contributed by atoms with Gasteiger partial charge in [-0.1, -0.05) is 31.4 Å². The largest absolute Gasteiger partial charge is 0.351 e. The van der Waals surface area contributed by atoms with Gasteiger partial charge in [-0.15, -0.1) is 0 Å². The zero-order valence-corrected chi connectivity index (χ0v) is 12.1. The average molecular weight is 297 g/mol. The molecule has 0 unspecified atom stereocenters. The van der Waals surface area contributed by atoms with Crippen LogP contribution in [0, 0.1) is 15.5 Å². The van der Waals surface area contributed by atoms with Gasteiger partial charge in [-0.3, -0.25) is 14.9 Å². The molecule has 0 saturated heterocycles. The first kappa shape index (κ1) is 14.8. The van der Waals surface area contributed by atoms with Crippen LogP contribution in [0.15, 0.2) is 18.2 Å². The highest BCUT2D eigenvalue weighted by Gasteiger charge is 2.29. The number of nitrogens with zero attached hydrogens (tertiary/aromatic N) is 1. The third kappa shape index (κ3) is 3.28. The van der Waals surface area contributed by atoms with Crippen molar-refractivity contribution in [1.29, 1.82) is 0 Å². The molecule has 0 aliphatic heterocycles. The SMILES string of the molecule is CC1(CNC(=O)c2ccc(Cl)c([N+](=O)[O-])c2)CCCC1. The number of nitro groups is 1. The van der Waals surface area contributed by atoms with Gasteiger partial charge in [0.2, 0.25) is 0 Å². The summed E-state index contributed by atoms with van der Waals surface area (Å²) in [4.78, 5) is 22.3. The van der Waals surface area contributed by atoms with Crippen molar-refractivity contribution in [3.05, 3.63) is 38.9 Å². The summed E-state index contributed by atoms with van der Waals surface area (Å²) in [5.41, 5.74) is 0.169. The predicted molar refractivity (Wildman–Crippen MR) is 77.0 cm³/mol. The topological polar surface area (TPSA) is 72.2 Å². The Bertz CT molecular complexity index is 539. The van der Waals surface area contributed by atoms with Gasteiger partial charge < -0.3 is 5.32 Å². The molecule has 5 nitrogen and oxygen atoms in total. The van der Waals surface area contributed by atoms with Crippen molar-refractivity contribution in [2.24, 2.45) is 5.41 Å². The monoisotopic (exact) mass is 296 g/mol. The number of halogens is 1. The summed E-state index contributed by atoms with van der Waals surface area (Å²) < 4.78 is 0. The second-order valence-electron chi connectivity index (χ2n) is 5.62. The lowest BCUT2D eigenvalue weighted by atomic mass is 9.89. The first-order chi connectivity index (χ1) is 9.41. The summed E-state index contributed by atoms with van der Waals surface area (Å²) in [6, 6.07) is 4.10. The molecule has 0 spiro atoms. The number of rotatable bonds is 4. The summed E-state index contributed by atoms with van der Waals surface area (Å²) in [6.45, 7) is 2.76. The van der Waals surface area contributed by atoms with Crippen molar-refractivity contribution >= 4 is 23.2 Å². The van der Waals surface area contributed by atoms with E-state index in [1.807, 2.05) is 0 Å². The van der Waals surface area contributed by atoms with Crippen molar-refractivity contribution in [3.63, 3.8) is 0 Å². The van der Waals surface area contributed by atoms with Gasteiger partial charge in [-0.05, 0) is 30.4 Å². The molecule has 1 saturated carbocycles. The Kier molecular flexibility index (Phi) is 4.28. The lowest BCUT2D eigenvalue weighted by Crippen LogP contribution is -2.34. The molecule has 0 radical (unpaired) electrons. The molecule has 20 heavy (non-hydrogen) atoms. The number of carbonyl (C=O) groups excluding carboxylic acids is 1. The summed E-state index contributed by atoms with van der Waals surface area (Å²) in [5.74, 6) is -0.294. The minimum absolute atomic E-state index is 0.0364. The first-order valence-corrected chi connectivity index (χ1v) is 7.01. The number of carbonyl (C=O) groups is 1. The molecule has 0 heterocycles. The smallest absolute Gasteiger partial charge is 0.288 e. The van der Waals surface area contributed by atoms with Crippen molar-refractivity contribution in [2.45, 2.75) is 32.6 Å². The minimum atomic E-state index is -0.586. The van der Waals surface area contributed by atoms with Crippen molar-refractivity contribution in [3.8, 4) is 0 Å². The fourth-order valence-electron chi connectivity index (χ4n) is 2.59. The second-order valence-corrected chi connectivity index (χ2v) is 6.03. The van der Waals surface area contributed by atoms with Gasteiger partial charge in [0.25, 0.3) is 11.6 Å². The maximum atomic E-state index is 12.1. The number of hydrogen-bond donors (Lipinski definition) is 1. The molecule has 0 bridgehead atoms. The van der Waals surface area contributed by atoms with E-state index in [2.05, 4.69) is 12.2 Å². The molecule has 1 aliphatic carbocycles. The van der Waals surface area contributed by atoms with E-state index < -0.39 is 4.92 Å². The van der Waals surface area contributed by atoms with E-state index >= 15 is 0 Å². The van der Waals surface area contributed by atoms with Crippen LogP contribution in [0.1, 0.15) is 43.0 Å². The van der Waals surface area contributed by atoms with Crippen LogP contribution in [0.4, 0.5) is 5.69 Å². The van der Waals surface area contributed by atoms with Gasteiger partial charge in [0.1, 0.15) is 5.02 Å². The van der Waals surface area contributed by atoms with Crippen LogP contribution >= 0.6 is 11.6 Å². The fraction of sp³-hybridized carbons (Fsp3) is 0.500. The van der Waals surface area contributed by atoms with Crippen molar-refractivity contribution in [2.75, 3.05) is 6.54 Å².